The largest absolute Gasteiger partial charge is 0.733 e. The van der Waals surface area contributed by atoms with Gasteiger partial charge in [-0.2, -0.15) is 0 Å². The van der Waals surface area contributed by atoms with Gasteiger partial charge in [0.05, 0.1) is 17.6 Å². The van der Waals surface area contributed by atoms with Gasteiger partial charge in [0.1, 0.15) is 0 Å². The SMILES string of the molecule is NC(=S)NN/C=C(\C=Nc1ccccc1)N([O-])O. The molecule has 96 valence electrons. The van der Waals surface area contributed by atoms with Crippen LogP contribution in [0, 0.1) is 5.21 Å². The van der Waals surface area contributed by atoms with Crippen LogP contribution in [0.2, 0.25) is 0 Å². The van der Waals surface area contributed by atoms with E-state index in [1.165, 1.54) is 12.4 Å². The fourth-order valence-corrected chi connectivity index (χ4v) is 1.04. The van der Waals surface area contributed by atoms with E-state index in [1.807, 2.05) is 6.07 Å². The second-order valence-electron chi connectivity index (χ2n) is 3.07. The van der Waals surface area contributed by atoms with Crippen LogP contribution in [0.25, 0.3) is 0 Å². The van der Waals surface area contributed by atoms with Gasteiger partial charge in [0.25, 0.3) is 0 Å². The van der Waals surface area contributed by atoms with Crippen LogP contribution in [0.15, 0.2) is 47.2 Å². The van der Waals surface area contributed by atoms with Crippen molar-refractivity contribution in [1.82, 2.24) is 16.1 Å². The lowest BCUT2D eigenvalue weighted by atomic mass is 10.3. The number of aliphatic imine (C=N–C) groups is 1. The Morgan fingerprint density at radius 1 is 1.44 bits per heavy atom. The summed E-state index contributed by atoms with van der Waals surface area (Å²) in [6, 6.07) is 8.95. The molecule has 18 heavy (non-hydrogen) atoms. The first kappa shape index (κ1) is 13.9. The van der Waals surface area contributed by atoms with Gasteiger partial charge in [-0.05, 0) is 24.4 Å². The van der Waals surface area contributed by atoms with Gasteiger partial charge >= 0.3 is 0 Å². The van der Waals surface area contributed by atoms with E-state index < -0.39 is 0 Å². The molecule has 0 fully saturated rings. The predicted molar refractivity (Wildman–Crippen MR) is 72.7 cm³/mol. The summed E-state index contributed by atoms with van der Waals surface area (Å²) in [5.74, 6) is 0. The van der Waals surface area contributed by atoms with Gasteiger partial charge in [-0.15, -0.1) is 0 Å². The minimum Gasteiger partial charge on any atom is -0.733 e. The number of hydrogen-bond donors (Lipinski definition) is 4. The predicted octanol–water partition coefficient (Wildman–Crippen LogP) is 0.757. The van der Waals surface area contributed by atoms with E-state index in [2.05, 4.69) is 28.1 Å². The van der Waals surface area contributed by atoms with Crippen LogP contribution in [0.3, 0.4) is 0 Å². The van der Waals surface area contributed by atoms with E-state index >= 15 is 0 Å². The third-order valence-electron chi connectivity index (χ3n) is 1.74. The molecule has 0 aromatic heterocycles. The maximum absolute atomic E-state index is 10.8. The second kappa shape index (κ2) is 7.22. The Hall–Kier alpha value is -2.16. The zero-order valence-electron chi connectivity index (χ0n) is 9.28. The molecule has 7 nitrogen and oxygen atoms in total. The van der Waals surface area contributed by atoms with Gasteiger partial charge in [-0.1, -0.05) is 18.2 Å². The summed E-state index contributed by atoms with van der Waals surface area (Å²) in [7, 11) is 0. The number of allylic oxidation sites excluding steroid dienone is 1. The summed E-state index contributed by atoms with van der Waals surface area (Å²) in [5.41, 5.74) is 10.5. The lowest BCUT2D eigenvalue weighted by molar-refractivity contribution is 0.00389. The highest BCUT2D eigenvalue weighted by atomic mass is 32.1. The molecular weight excluding hydrogens is 254 g/mol. The summed E-state index contributed by atoms with van der Waals surface area (Å²) in [6.07, 6.45) is 2.36. The number of rotatable bonds is 5. The molecule has 0 bridgehead atoms. The number of nitrogens with zero attached hydrogens (tertiary/aromatic N) is 2. The van der Waals surface area contributed by atoms with Crippen molar-refractivity contribution in [2.24, 2.45) is 10.7 Å². The first-order valence-corrected chi connectivity index (χ1v) is 5.27. The van der Waals surface area contributed by atoms with Gasteiger partial charge in [-0.25, -0.2) is 0 Å². The lowest BCUT2D eigenvalue weighted by Gasteiger charge is -2.22. The summed E-state index contributed by atoms with van der Waals surface area (Å²) < 4.78 is 0. The third kappa shape index (κ3) is 5.25. The summed E-state index contributed by atoms with van der Waals surface area (Å²) in [6.45, 7) is 0. The quantitative estimate of drug-likeness (QED) is 0.354. The zero-order valence-corrected chi connectivity index (χ0v) is 10.1. The number of nitrogens with two attached hydrogens (primary N) is 1. The molecule has 0 atom stereocenters. The van der Waals surface area contributed by atoms with Crippen molar-refractivity contribution in [3.8, 4) is 0 Å². The van der Waals surface area contributed by atoms with Crippen LogP contribution in [0.5, 0.6) is 0 Å². The normalized spacial score (nSPS) is 11.3. The topological polar surface area (TPSA) is 109 Å². The number of para-hydroxylation sites is 1. The summed E-state index contributed by atoms with van der Waals surface area (Å²) in [5, 5.41) is 19.3. The van der Waals surface area contributed by atoms with Crippen molar-refractivity contribution in [3.05, 3.63) is 47.4 Å². The summed E-state index contributed by atoms with van der Waals surface area (Å²) in [4.78, 5) is 4.00. The first-order valence-electron chi connectivity index (χ1n) is 4.86. The second-order valence-corrected chi connectivity index (χ2v) is 3.51. The van der Waals surface area contributed by atoms with E-state index in [9.17, 15) is 5.21 Å². The van der Waals surface area contributed by atoms with Gasteiger partial charge < -0.3 is 21.6 Å². The van der Waals surface area contributed by atoms with Gasteiger partial charge in [-0.3, -0.25) is 15.6 Å². The Kier molecular flexibility index (Phi) is 5.58. The average Bonchev–Trinajstić information content (AvgIpc) is 2.34. The molecule has 0 aliphatic carbocycles. The molecule has 0 saturated carbocycles. The molecule has 0 saturated heterocycles. The average molecular weight is 266 g/mol. The third-order valence-corrected chi connectivity index (χ3v) is 1.84. The van der Waals surface area contributed by atoms with Crippen LogP contribution in [0.1, 0.15) is 0 Å². The Morgan fingerprint density at radius 3 is 2.67 bits per heavy atom. The number of hydrazine groups is 1. The van der Waals surface area contributed by atoms with E-state index in [1.54, 1.807) is 24.3 Å². The number of benzene rings is 1. The minimum absolute atomic E-state index is 0.000914. The first-order chi connectivity index (χ1) is 8.59. The highest BCUT2D eigenvalue weighted by Gasteiger charge is 1.93. The molecule has 0 spiro atoms. The van der Waals surface area contributed by atoms with Crippen LogP contribution < -0.4 is 16.6 Å². The van der Waals surface area contributed by atoms with Crippen LogP contribution >= 0.6 is 12.2 Å². The zero-order chi connectivity index (χ0) is 13.4. The van der Waals surface area contributed by atoms with Crippen molar-refractivity contribution in [2.75, 3.05) is 0 Å². The molecule has 1 aromatic carbocycles. The van der Waals surface area contributed by atoms with Crippen molar-refractivity contribution in [1.29, 1.82) is 0 Å². The molecule has 8 heteroatoms. The van der Waals surface area contributed by atoms with Crippen LogP contribution in [-0.4, -0.2) is 21.8 Å². The van der Waals surface area contributed by atoms with E-state index in [0.29, 0.717) is 5.69 Å². The number of thiocarbonyl (C=S) groups is 1. The molecule has 0 amide bonds. The van der Waals surface area contributed by atoms with Crippen LogP contribution in [-0.2, 0) is 0 Å². The fraction of sp³-hybridized carbons (Fsp3) is 0. The number of hydrogen-bond acceptors (Lipinski definition) is 6. The Bertz CT molecular complexity index is 447. The molecule has 5 N–H and O–H groups in total. The Balaban J connectivity index is 2.68. The van der Waals surface area contributed by atoms with Gasteiger partial charge in [0.15, 0.2) is 5.11 Å². The lowest BCUT2D eigenvalue weighted by Crippen LogP contribution is -2.38. The highest BCUT2D eigenvalue weighted by molar-refractivity contribution is 7.80. The van der Waals surface area contributed by atoms with Crippen molar-refractivity contribution in [2.45, 2.75) is 0 Å². The number of nitrogens with one attached hydrogen (secondary N) is 2. The van der Waals surface area contributed by atoms with Crippen LogP contribution in [0.4, 0.5) is 5.69 Å². The maximum Gasteiger partial charge on any atom is 0.182 e. The Labute approximate surface area is 109 Å². The molecule has 0 radical (unpaired) electrons. The molecule has 0 unspecified atom stereocenters. The van der Waals surface area contributed by atoms with E-state index in [0.717, 1.165) is 0 Å². The monoisotopic (exact) mass is 266 g/mol. The molecule has 1 aromatic rings. The minimum atomic E-state index is -0.333. The summed E-state index contributed by atoms with van der Waals surface area (Å²) >= 11 is 4.54. The molecule has 0 aliphatic rings. The van der Waals surface area contributed by atoms with E-state index in [-0.39, 0.29) is 16.0 Å². The molecular formula is C10H12N5O2S-. The molecule has 0 aliphatic heterocycles. The standard InChI is InChI=1S/C10H12N5O2S/c11-10(18)14-13-7-9(15(16)17)6-12-8-4-2-1-3-5-8/h1-7,13,16H,(H3,11,14,18)/q-1/b9-7+,12-6?. The molecule has 0 heterocycles. The maximum atomic E-state index is 10.8. The van der Waals surface area contributed by atoms with Crippen molar-refractivity contribution in [3.63, 3.8) is 0 Å². The van der Waals surface area contributed by atoms with Crippen molar-refractivity contribution < 1.29 is 5.21 Å². The van der Waals surface area contributed by atoms with Gasteiger partial charge in [0.2, 0.25) is 0 Å². The smallest absolute Gasteiger partial charge is 0.182 e. The highest BCUT2D eigenvalue weighted by Crippen LogP contribution is 2.09. The molecule has 1 rings (SSSR count). The number of hydroxylamine groups is 2. The van der Waals surface area contributed by atoms with Gasteiger partial charge in [0, 0.05) is 6.20 Å². The fourth-order valence-electron chi connectivity index (χ4n) is 0.978. The van der Waals surface area contributed by atoms with E-state index in [4.69, 9.17) is 10.9 Å². The Morgan fingerprint density at radius 2 is 2.11 bits per heavy atom. The van der Waals surface area contributed by atoms with Crippen molar-refractivity contribution >= 4 is 29.2 Å².